The Hall–Kier alpha value is -1.38. The van der Waals surface area contributed by atoms with E-state index < -0.39 is 0 Å². The third kappa shape index (κ3) is 4.55. The van der Waals surface area contributed by atoms with Gasteiger partial charge in [0.05, 0.1) is 0 Å². The Bertz CT molecular complexity index is 598. The quantitative estimate of drug-likeness (QED) is 0.785. The molecule has 2 aromatic carbocycles. The summed E-state index contributed by atoms with van der Waals surface area (Å²) >= 11 is 6.04. The van der Waals surface area contributed by atoms with Crippen LogP contribution in [0.2, 0.25) is 5.02 Å². The summed E-state index contributed by atoms with van der Waals surface area (Å²) in [6.45, 7) is 4.95. The molecule has 0 aliphatic carbocycles. The Morgan fingerprint density at radius 2 is 2.00 bits per heavy atom. The zero-order valence-corrected chi connectivity index (χ0v) is 13.3. The van der Waals surface area contributed by atoms with Crippen LogP contribution < -0.4 is 5.32 Å². The van der Waals surface area contributed by atoms with Crippen molar-refractivity contribution in [1.29, 1.82) is 0 Å². The molecule has 0 saturated heterocycles. The standard InChI is InChI=1S/C18H21ClFN/c1-3-9-21-18(12-14-5-4-6-15(19)11-14)16-10-13(2)7-8-17(16)20/h4-8,10-11,18,21H,3,9,12H2,1-2H3. The fourth-order valence-electron chi connectivity index (χ4n) is 2.44. The Morgan fingerprint density at radius 3 is 2.71 bits per heavy atom. The van der Waals surface area contributed by atoms with E-state index in [1.165, 1.54) is 0 Å². The van der Waals surface area contributed by atoms with Crippen LogP contribution in [0.3, 0.4) is 0 Å². The van der Waals surface area contributed by atoms with Gasteiger partial charge in [0.25, 0.3) is 0 Å². The van der Waals surface area contributed by atoms with Gasteiger partial charge < -0.3 is 5.32 Å². The first-order valence-electron chi connectivity index (χ1n) is 7.34. The molecular weight excluding hydrogens is 285 g/mol. The van der Waals surface area contributed by atoms with Crippen LogP contribution in [0, 0.1) is 12.7 Å². The van der Waals surface area contributed by atoms with Crippen LogP contribution in [-0.2, 0) is 6.42 Å². The molecule has 21 heavy (non-hydrogen) atoms. The molecule has 0 aliphatic rings. The van der Waals surface area contributed by atoms with Gasteiger partial charge in [0, 0.05) is 16.6 Å². The highest BCUT2D eigenvalue weighted by atomic mass is 35.5. The van der Waals surface area contributed by atoms with Crippen LogP contribution in [0.5, 0.6) is 0 Å². The SMILES string of the molecule is CCCNC(Cc1cccc(Cl)c1)c1cc(C)ccc1F. The molecule has 2 aromatic rings. The van der Waals surface area contributed by atoms with Gasteiger partial charge in [-0.2, -0.15) is 0 Å². The largest absolute Gasteiger partial charge is 0.310 e. The summed E-state index contributed by atoms with van der Waals surface area (Å²) < 4.78 is 14.2. The first-order valence-corrected chi connectivity index (χ1v) is 7.72. The van der Waals surface area contributed by atoms with Crippen molar-refractivity contribution in [1.82, 2.24) is 5.32 Å². The highest BCUT2D eigenvalue weighted by molar-refractivity contribution is 6.30. The predicted molar refractivity (Wildman–Crippen MR) is 87.3 cm³/mol. The van der Waals surface area contributed by atoms with Gasteiger partial charge in [-0.1, -0.05) is 48.4 Å². The second-order valence-electron chi connectivity index (χ2n) is 5.37. The number of hydrogen-bond acceptors (Lipinski definition) is 1. The summed E-state index contributed by atoms with van der Waals surface area (Å²) in [5.41, 5.74) is 2.90. The van der Waals surface area contributed by atoms with Gasteiger partial charge in [-0.15, -0.1) is 0 Å². The predicted octanol–water partition coefficient (Wildman–Crippen LogP) is 5.07. The van der Waals surface area contributed by atoms with Gasteiger partial charge in [0.1, 0.15) is 5.82 Å². The van der Waals surface area contributed by atoms with Crippen molar-refractivity contribution in [2.45, 2.75) is 32.7 Å². The average Bonchev–Trinajstić information content (AvgIpc) is 2.46. The molecule has 0 saturated carbocycles. The third-order valence-electron chi connectivity index (χ3n) is 3.50. The Balaban J connectivity index is 2.27. The molecule has 0 bridgehead atoms. The second kappa shape index (κ2) is 7.58. The summed E-state index contributed by atoms with van der Waals surface area (Å²) in [6.07, 6.45) is 1.74. The van der Waals surface area contributed by atoms with Crippen LogP contribution >= 0.6 is 11.6 Å². The number of aryl methyl sites for hydroxylation is 1. The molecule has 1 unspecified atom stereocenters. The number of hydrogen-bond donors (Lipinski definition) is 1. The van der Waals surface area contributed by atoms with Crippen molar-refractivity contribution >= 4 is 11.6 Å². The van der Waals surface area contributed by atoms with Crippen molar-refractivity contribution < 1.29 is 4.39 Å². The van der Waals surface area contributed by atoms with E-state index in [1.807, 2.05) is 37.3 Å². The Morgan fingerprint density at radius 1 is 1.19 bits per heavy atom. The van der Waals surface area contributed by atoms with E-state index in [0.717, 1.165) is 36.1 Å². The highest BCUT2D eigenvalue weighted by Gasteiger charge is 2.16. The van der Waals surface area contributed by atoms with E-state index in [-0.39, 0.29) is 11.9 Å². The van der Waals surface area contributed by atoms with Crippen molar-refractivity contribution in [2.75, 3.05) is 6.54 Å². The topological polar surface area (TPSA) is 12.0 Å². The molecule has 1 nitrogen and oxygen atoms in total. The Labute approximate surface area is 131 Å². The van der Waals surface area contributed by atoms with Crippen LogP contribution in [0.25, 0.3) is 0 Å². The van der Waals surface area contributed by atoms with Crippen molar-refractivity contribution in [3.05, 3.63) is 70.0 Å². The van der Waals surface area contributed by atoms with E-state index in [4.69, 9.17) is 11.6 Å². The van der Waals surface area contributed by atoms with Crippen LogP contribution in [0.4, 0.5) is 4.39 Å². The molecular formula is C18H21ClFN. The van der Waals surface area contributed by atoms with Crippen LogP contribution in [0.15, 0.2) is 42.5 Å². The summed E-state index contributed by atoms with van der Waals surface area (Å²) in [5, 5.41) is 4.15. The molecule has 1 atom stereocenters. The summed E-state index contributed by atoms with van der Waals surface area (Å²) in [6, 6.07) is 13.0. The minimum absolute atomic E-state index is 0.0386. The van der Waals surface area contributed by atoms with E-state index in [0.29, 0.717) is 5.02 Å². The van der Waals surface area contributed by atoms with Gasteiger partial charge in [0.15, 0.2) is 0 Å². The number of halogens is 2. The number of benzene rings is 2. The first kappa shape index (κ1) is 16.0. The van der Waals surface area contributed by atoms with Gasteiger partial charge in [-0.25, -0.2) is 4.39 Å². The summed E-state index contributed by atoms with van der Waals surface area (Å²) in [5.74, 6) is -0.156. The third-order valence-corrected chi connectivity index (χ3v) is 3.73. The van der Waals surface area contributed by atoms with E-state index >= 15 is 0 Å². The lowest BCUT2D eigenvalue weighted by atomic mass is 9.97. The average molecular weight is 306 g/mol. The first-order chi connectivity index (χ1) is 10.1. The zero-order chi connectivity index (χ0) is 15.2. The number of rotatable bonds is 6. The molecule has 0 aromatic heterocycles. The fraction of sp³-hybridized carbons (Fsp3) is 0.333. The molecule has 0 aliphatic heterocycles. The minimum atomic E-state index is -0.156. The van der Waals surface area contributed by atoms with E-state index in [1.54, 1.807) is 12.1 Å². The lowest BCUT2D eigenvalue weighted by Crippen LogP contribution is -2.25. The van der Waals surface area contributed by atoms with E-state index in [2.05, 4.69) is 12.2 Å². The van der Waals surface area contributed by atoms with Crippen molar-refractivity contribution in [2.24, 2.45) is 0 Å². The zero-order valence-electron chi connectivity index (χ0n) is 12.5. The minimum Gasteiger partial charge on any atom is -0.310 e. The maximum Gasteiger partial charge on any atom is 0.128 e. The van der Waals surface area contributed by atoms with Crippen LogP contribution in [-0.4, -0.2) is 6.54 Å². The molecule has 112 valence electrons. The smallest absolute Gasteiger partial charge is 0.128 e. The second-order valence-corrected chi connectivity index (χ2v) is 5.80. The monoisotopic (exact) mass is 305 g/mol. The molecule has 0 spiro atoms. The Kier molecular flexibility index (Phi) is 5.77. The van der Waals surface area contributed by atoms with Crippen molar-refractivity contribution in [3.63, 3.8) is 0 Å². The lowest BCUT2D eigenvalue weighted by molar-refractivity contribution is 0.496. The maximum atomic E-state index is 14.2. The molecule has 0 heterocycles. The lowest BCUT2D eigenvalue weighted by Gasteiger charge is -2.20. The molecule has 3 heteroatoms. The van der Waals surface area contributed by atoms with Gasteiger partial charge in [-0.3, -0.25) is 0 Å². The molecule has 0 amide bonds. The summed E-state index contributed by atoms with van der Waals surface area (Å²) in [4.78, 5) is 0. The van der Waals surface area contributed by atoms with Gasteiger partial charge >= 0.3 is 0 Å². The summed E-state index contributed by atoms with van der Waals surface area (Å²) in [7, 11) is 0. The molecule has 1 N–H and O–H groups in total. The van der Waals surface area contributed by atoms with Crippen LogP contribution in [0.1, 0.15) is 36.1 Å². The number of nitrogens with one attached hydrogen (secondary N) is 1. The van der Waals surface area contributed by atoms with E-state index in [9.17, 15) is 4.39 Å². The molecule has 0 fully saturated rings. The van der Waals surface area contributed by atoms with Crippen molar-refractivity contribution in [3.8, 4) is 0 Å². The van der Waals surface area contributed by atoms with Gasteiger partial charge in [0.2, 0.25) is 0 Å². The maximum absolute atomic E-state index is 14.2. The van der Waals surface area contributed by atoms with Gasteiger partial charge in [-0.05, 0) is 50.1 Å². The fourth-order valence-corrected chi connectivity index (χ4v) is 2.65. The molecule has 2 rings (SSSR count). The highest BCUT2D eigenvalue weighted by Crippen LogP contribution is 2.24. The normalized spacial score (nSPS) is 12.4. The molecule has 0 radical (unpaired) electrons.